The van der Waals surface area contributed by atoms with Crippen molar-refractivity contribution in [3.63, 3.8) is 0 Å². The van der Waals surface area contributed by atoms with Crippen molar-refractivity contribution in [2.45, 2.75) is 33.6 Å². The fourth-order valence-corrected chi connectivity index (χ4v) is 1.51. The second kappa shape index (κ2) is 3.99. The summed E-state index contributed by atoms with van der Waals surface area (Å²) in [6.07, 6.45) is 2.00. The zero-order chi connectivity index (χ0) is 9.90. The van der Waals surface area contributed by atoms with Crippen LogP contribution in [0.2, 0.25) is 0 Å². The lowest BCUT2D eigenvalue weighted by atomic mass is 9.83. The molecule has 3 nitrogen and oxygen atoms in total. The minimum absolute atomic E-state index is 0.155. The highest BCUT2D eigenvalue weighted by molar-refractivity contribution is 5.67. The number of carbonyl (C=O) groups excluding carboxylic acids is 1. The van der Waals surface area contributed by atoms with Gasteiger partial charge in [0, 0.05) is 13.1 Å². The van der Waals surface area contributed by atoms with Crippen LogP contribution >= 0.6 is 0 Å². The van der Waals surface area contributed by atoms with Crippen molar-refractivity contribution in [1.29, 1.82) is 0 Å². The van der Waals surface area contributed by atoms with E-state index >= 15 is 0 Å². The van der Waals surface area contributed by atoms with Crippen LogP contribution in [0.4, 0.5) is 4.79 Å². The van der Waals surface area contributed by atoms with Crippen LogP contribution in [-0.4, -0.2) is 30.7 Å². The Kier molecular flexibility index (Phi) is 3.17. The second-order valence-electron chi connectivity index (χ2n) is 4.35. The molecule has 0 N–H and O–H groups in total. The molecule has 1 rings (SSSR count). The number of likely N-dealkylation sites (tertiary alicyclic amines) is 1. The average Bonchev–Trinajstić information content (AvgIpc) is 2.04. The minimum Gasteiger partial charge on any atom is -0.450 e. The molecular weight excluding hydrogens is 166 g/mol. The number of carbonyl (C=O) groups is 1. The van der Waals surface area contributed by atoms with Crippen molar-refractivity contribution in [2.24, 2.45) is 5.41 Å². The molecule has 3 heteroatoms. The van der Waals surface area contributed by atoms with Crippen molar-refractivity contribution in [3.05, 3.63) is 0 Å². The van der Waals surface area contributed by atoms with Crippen LogP contribution in [0.5, 0.6) is 0 Å². The molecule has 0 atom stereocenters. The Balaban J connectivity index is 2.36. The molecule has 0 unspecified atom stereocenters. The summed E-state index contributed by atoms with van der Waals surface area (Å²) >= 11 is 0. The van der Waals surface area contributed by atoms with E-state index in [1.165, 1.54) is 0 Å². The third-order valence-electron chi connectivity index (χ3n) is 2.64. The molecule has 76 valence electrons. The molecule has 1 heterocycles. The molecule has 1 saturated heterocycles. The van der Waals surface area contributed by atoms with Crippen LogP contribution in [0.15, 0.2) is 0 Å². The summed E-state index contributed by atoms with van der Waals surface area (Å²) in [5.41, 5.74) is 0.392. The fraction of sp³-hybridized carbons (Fsp3) is 0.900. The molecule has 1 fully saturated rings. The SMILES string of the molecule is CCOC(=O)N1CCC(C)(C)CC1. The van der Waals surface area contributed by atoms with Crippen molar-refractivity contribution >= 4 is 6.09 Å². The predicted octanol–water partition coefficient (Wildman–Crippen LogP) is 2.26. The Bertz CT molecular complexity index is 179. The van der Waals surface area contributed by atoms with E-state index in [4.69, 9.17) is 4.74 Å². The number of hydrogen-bond acceptors (Lipinski definition) is 2. The highest BCUT2D eigenvalue weighted by Gasteiger charge is 2.28. The number of ether oxygens (including phenoxy) is 1. The van der Waals surface area contributed by atoms with Gasteiger partial charge in [-0.25, -0.2) is 4.79 Å². The normalized spacial score (nSPS) is 21.3. The first-order valence-electron chi connectivity index (χ1n) is 4.97. The highest BCUT2D eigenvalue weighted by Crippen LogP contribution is 2.29. The first kappa shape index (κ1) is 10.4. The molecule has 0 spiro atoms. The largest absolute Gasteiger partial charge is 0.450 e. The van der Waals surface area contributed by atoms with Crippen molar-refractivity contribution in [3.8, 4) is 0 Å². The number of rotatable bonds is 1. The zero-order valence-electron chi connectivity index (χ0n) is 8.80. The quantitative estimate of drug-likeness (QED) is 0.627. The lowest BCUT2D eigenvalue weighted by molar-refractivity contribution is 0.0785. The number of nitrogens with zero attached hydrogens (tertiary/aromatic N) is 1. The molecule has 0 aromatic carbocycles. The van der Waals surface area contributed by atoms with Crippen LogP contribution < -0.4 is 0 Å². The summed E-state index contributed by atoms with van der Waals surface area (Å²) < 4.78 is 4.94. The lowest BCUT2D eigenvalue weighted by Crippen LogP contribution is -2.41. The van der Waals surface area contributed by atoms with Crippen molar-refractivity contribution < 1.29 is 9.53 Å². The molecule has 13 heavy (non-hydrogen) atoms. The minimum atomic E-state index is -0.155. The van der Waals surface area contributed by atoms with Gasteiger partial charge in [0.2, 0.25) is 0 Å². The summed E-state index contributed by atoms with van der Waals surface area (Å²) in [5.74, 6) is 0. The van der Waals surface area contributed by atoms with Gasteiger partial charge in [-0.15, -0.1) is 0 Å². The van der Waals surface area contributed by atoms with Gasteiger partial charge in [0.1, 0.15) is 0 Å². The van der Waals surface area contributed by atoms with E-state index in [1.807, 2.05) is 6.92 Å². The van der Waals surface area contributed by atoms with Crippen LogP contribution in [0.3, 0.4) is 0 Å². The van der Waals surface area contributed by atoms with Gasteiger partial charge < -0.3 is 9.64 Å². The van der Waals surface area contributed by atoms with Gasteiger partial charge in [-0.05, 0) is 25.2 Å². The van der Waals surface area contributed by atoms with Crippen LogP contribution in [0, 0.1) is 5.41 Å². The van der Waals surface area contributed by atoms with E-state index in [0.29, 0.717) is 12.0 Å². The van der Waals surface area contributed by atoms with E-state index in [-0.39, 0.29) is 6.09 Å². The molecule has 0 aromatic heterocycles. The summed E-state index contributed by atoms with van der Waals surface area (Å²) in [5, 5.41) is 0. The number of piperidine rings is 1. The highest BCUT2D eigenvalue weighted by atomic mass is 16.6. The molecule has 0 bridgehead atoms. The molecule has 1 aliphatic heterocycles. The molecule has 0 aliphatic carbocycles. The third-order valence-corrected chi connectivity index (χ3v) is 2.64. The Morgan fingerprint density at radius 3 is 2.38 bits per heavy atom. The summed E-state index contributed by atoms with van der Waals surface area (Å²) in [4.78, 5) is 13.1. The lowest BCUT2D eigenvalue weighted by Gasteiger charge is -2.36. The zero-order valence-corrected chi connectivity index (χ0v) is 8.80. The first-order valence-corrected chi connectivity index (χ1v) is 4.97. The molecule has 1 aliphatic rings. The maximum atomic E-state index is 11.3. The fourth-order valence-electron chi connectivity index (χ4n) is 1.51. The summed E-state index contributed by atoms with van der Waals surface area (Å²) in [6, 6.07) is 0. The Hall–Kier alpha value is -0.730. The predicted molar refractivity (Wildman–Crippen MR) is 51.6 cm³/mol. The summed E-state index contributed by atoms with van der Waals surface area (Å²) in [7, 11) is 0. The Morgan fingerprint density at radius 2 is 1.92 bits per heavy atom. The van der Waals surface area contributed by atoms with Crippen LogP contribution in [-0.2, 0) is 4.74 Å². The summed E-state index contributed by atoms with van der Waals surface area (Å²) in [6.45, 7) is 8.48. The van der Waals surface area contributed by atoms with Crippen LogP contribution in [0.25, 0.3) is 0 Å². The van der Waals surface area contributed by atoms with Gasteiger partial charge in [-0.3, -0.25) is 0 Å². The van der Waals surface area contributed by atoms with Gasteiger partial charge in [-0.1, -0.05) is 13.8 Å². The average molecular weight is 185 g/mol. The molecule has 0 aromatic rings. The molecule has 0 saturated carbocycles. The smallest absolute Gasteiger partial charge is 0.409 e. The van der Waals surface area contributed by atoms with E-state index in [2.05, 4.69) is 13.8 Å². The third kappa shape index (κ3) is 2.90. The standard InChI is InChI=1S/C10H19NO2/c1-4-13-9(12)11-7-5-10(2,3)6-8-11/h4-8H2,1-3H3. The second-order valence-corrected chi connectivity index (χ2v) is 4.35. The Labute approximate surface area is 80.1 Å². The van der Waals surface area contributed by atoms with Crippen molar-refractivity contribution in [2.75, 3.05) is 19.7 Å². The molecular formula is C10H19NO2. The van der Waals surface area contributed by atoms with E-state index in [0.717, 1.165) is 25.9 Å². The Morgan fingerprint density at radius 1 is 1.38 bits per heavy atom. The van der Waals surface area contributed by atoms with E-state index in [1.54, 1.807) is 4.90 Å². The van der Waals surface area contributed by atoms with E-state index in [9.17, 15) is 4.79 Å². The van der Waals surface area contributed by atoms with Gasteiger partial charge in [-0.2, -0.15) is 0 Å². The monoisotopic (exact) mass is 185 g/mol. The topological polar surface area (TPSA) is 29.5 Å². The number of hydrogen-bond donors (Lipinski definition) is 0. The van der Waals surface area contributed by atoms with Gasteiger partial charge >= 0.3 is 6.09 Å². The molecule has 0 radical (unpaired) electrons. The first-order chi connectivity index (χ1) is 6.05. The maximum absolute atomic E-state index is 11.3. The van der Waals surface area contributed by atoms with Gasteiger partial charge in [0.05, 0.1) is 6.61 Å². The maximum Gasteiger partial charge on any atom is 0.409 e. The number of amides is 1. The van der Waals surface area contributed by atoms with E-state index < -0.39 is 0 Å². The van der Waals surface area contributed by atoms with Crippen LogP contribution in [0.1, 0.15) is 33.6 Å². The molecule has 1 amide bonds. The van der Waals surface area contributed by atoms with Gasteiger partial charge in [0.25, 0.3) is 0 Å². The van der Waals surface area contributed by atoms with Gasteiger partial charge in [0.15, 0.2) is 0 Å². The van der Waals surface area contributed by atoms with Crippen molar-refractivity contribution in [1.82, 2.24) is 4.90 Å².